The minimum absolute atomic E-state index is 0.0374. The number of rotatable bonds is 37. The summed E-state index contributed by atoms with van der Waals surface area (Å²) in [6.07, 6.45) is 44.1. The number of hydrogen-bond acceptors (Lipinski definition) is 3. The highest BCUT2D eigenvalue weighted by Gasteiger charge is 2.11. The molecule has 0 aromatic heterocycles. The van der Waals surface area contributed by atoms with E-state index in [-0.39, 0.29) is 6.61 Å². The number of aliphatic hydroxyl groups is 1. The summed E-state index contributed by atoms with van der Waals surface area (Å²) in [7, 11) is 0. The van der Waals surface area contributed by atoms with E-state index < -0.39 is 0 Å². The highest BCUT2D eigenvalue weighted by Crippen LogP contribution is 2.33. The summed E-state index contributed by atoms with van der Waals surface area (Å²) in [5.74, 6) is 1.69. The number of ether oxygens (including phenoxy) is 2. The Balaban J connectivity index is 2.05. The van der Waals surface area contributed by atoms with Crippen molar-refractivity contribution in [3.63, 3.8) is 0 Å². The largest absolute Gasteiger partial charge is 0.490 e. The van der Waals surface area contributed by atoms with Gasteiger partial charge < -0.3 is 14.6 Å². The van der Waals surface area contributed by atoms with Gasteiger partial charge in [-0.05, 0) is 43.0 Å². The van der Waals surface area contributed by atoms with Gasteiger partial charge in [0.2, 0.25) is 0 Å². The molecule has 0 radical (unpaired) electrons. The van der Waals surface area contributed by atoms with Gasteiger partial charge in [-0.25, -0.2) is 0 Å². The first-order chi connectivity index (χ1) is 23.2. The molecule has 0 bridgehead atoms. The van der Waals surface area contributed by atoms with Crippen LogP contribution < -0.4 is 9.47 Å². The maximum absolute atomic E-state index is 9.73. The molecular weight excluding hydrogens is 576 g/mol. The van der Waals surface area contributed by atoms with Gasteiger partial charge in [0.05, 0.1) is 19.8 Å². The maximum Gasteiger partial charge on any atom is 0.164 e. The van der Waals surface area contributed by atoms with Crippen molar-refractivity contribution in [2.45, 2.75) is 233 Å². The zero-order valence-electron chi connectivity index (χ0n) is 32.2. The second-order valence-electron chi connectivity index (χ2n) is 14.7. The summed E-state index contributed by atoms with van der Waals surface area (Å²) in [6.45, 7) is 8.17. The van der Waals surface area contributed by atoms with Gasteiger partial charge in [-0.1, -0.05) is 206 Å². The van der Waals surface area contributed by atoms with Gasteiger partial charge in [-0.2, -0.15) is 0 Å². The summed E-state index contributed by atoms with van der Waals surface area (Å²) in [6, 6.07) is 4.01. The molecule has 47 heavy (non-hydrogen) atoms. The molecule has 0 aliphatic heterocycles. The Morgan fingerprint density at radius 3 is 1.02 bits per heavy atom. The van der Waals surface area contributed by atoms with Crippen molar-refractivity contribution < 1.29 is 14.6 Å². The Morgan fingerprint density at radius 1 is 0.404 bits per heavy atom. The van der Waals surface area contributed by atoms with E-state index in [0.717, 1.165) is 48.7 Å². The Morgan fingerprint density at radius 2 is 0.702 bits per heavy atom. The molecular formula is C44H82O3. The van der Waals surface area contributed by atoms with Crippen LogP contribution >= 0.6 is 0 Å². The Bertz CT molecular complexity index is 776. The van der Waals surface area contributed by atoms with Crippen LogP contribution in [-0.4, -0.2) is 18.3 Å². The Labute approximate surface area is 294 Å². The monoisotopic (exact) mass is 659 g/mol. The van der Waals surface area contributed by atoms with Gasteiger partial charge in [0.1, 0.15) is 0 Å². The molecule has 1 N–H and O–H groups in total. The second kappa shape index (κ2) is 34.6. The van der Waals surface area contributed by atoms with Crippen LogP contribution in [0.15, 0.2) is 12.1 Å². The molecule has 0 amide bonds. The Kier molecular flexibility index (Phi) is 32.3. The van der Waals surface area contributed by atoms with Crippen LogP contribution in [0.1, 0.15) is 230 Å². The Hall–Kier alpha value is -1.22. The van der Waals surface area contributed by atoms with Crippen molar-refractivity contribution in [3.8, 4) is 11.5 Å². The van der Waals surface area contributed by atoms with E-state index in [1.165, 1.54) is 193 Å². The second-order valence-corrected chi connectivity index (χ2v) is 14.7. The van der Waals surface area contributed by atoms with Gasteiger partial charge in [-0.3, -0.25) is 0 Å². The average molecular weight is 659 g/mol. The van der Waals surface area contributed by atoms with E-state index in [2.05, 4.69) is 20.8 Å². The minimum atomic E-state index is 0.0374. The summed E-state index contributed by atoms with van der Waals surface area (Å²) >= 11 is 0. The van der Waals surface area contributed by atoms with E-state index in [9.17, 15) is 5.11 Å². The van der Waals surface area contributed by atoms with E-state index >= 15 is 0 Å². The molecule has 276 valence electrons. The standard InChI is InChI=1S/C44H82O3/c1-4-6-8-10-12-14-16-18-20-22-24-26-28-30-32-34-36-46-43-39-42(40-45)38-41(3)44(43)47-37-35-33-31-29-27-25-23-21-19-17-15-13-11-9-7-5-2/h38-39,45H,4-37,40H2,1-3H3. The normalized spacial score (nSPS) is 11.4. The fourth-order valence-electron chi connectivity index (χ4n) is 6.85. The third-order valence-electron chi connectivity index (χ3n) is 9.98. The lowest BCUT2D eigenvalue weighted by Gasteiger charge is -2.16. The van der Waals surface area contributed by atoms with E-state index in [0.29, 0.717) is 0 Å². The average Bonchev–Trinajstić information content (AvgIpc) is 3.08. The molecule has 0 spiro atoms. The van der Waals surface area contributed by atoms with E-state index in [1.54, 1.807) is 0 Å². The van der Waals surface area contributed by atoms with Crippen molar-refractivity contribution in [1.29, 1.82) is 0 Å². The van der Waals surface area contributed by atoms with Crippen molar-refractivity contribution >= 4 is 0 Å². The summed E-state index contributed by atoms with van der Waals surface area (Å²) in [5.41, 5.74) is 1.97. The van der Waals surface area contributed by atoms with Crippen molar-refractivity contribution in [2.75, 3.05) is 13.2 Å². The van der Waals surface area contributed by atoms with Crippen LogP contribution in [0.25, 0.3) is 0 Å². The fourth-order valence-corrected chi connectivity index (χ4v) is 6.85. The highest BCUT2D eigenvalue weighted by atomic mass is 16.5. The first-order valence-corrected chi connectivity index (χ1v) is 21.2. The number of unbranched alkanes of at least 4 members (excludes halogenated alkanes) is 30. The van der Waals surface area contributed by atoms with E-state index in [4.69, 9.17) is 9.47 Å². The summed E-state index contributed by atoms with van der Waals surface area (Å²) in [5, 5.41) is 9.73. The molecule has 0 aliphatic rings. The predicted molar refractivity (Wildman–Crippen MR) is 207 cm³/mol. The third-order valence-corrected chi connectivity index (χ3v) is 9.98. The van der Waals surface area contributed by atoms with Crippen molar-refractivity contribution in [3.05, 3.63) is 23.3 Å². The molecule has 1 aromatic rings. The topological polar surface area (TPSA) is 38.7 Å². The lowest BCUT2D eigenvalue weighted by Crippen LogP contribution is -2.05. The van der Waals surface area contributed by atoms with E-state index in [1.807, 2.05) is 12.1 Å². The predicted octanol–water partition coefficient (Wildman–Crippen LogP) is 14.8. The molecule has 0 saturated carbocycles. The van der Waals surface area contributed by atoms with Crippen LogP contribution in [-0.2, 0) is 6.61 Å². The van der Waals surface area contributed by atoms with Crippen molar-refractivity contribution in [2.24, 2.45) is 0 Å². The third kappa shape index (κ3) is 27.3. The zero-order chi connectivity index (χ0) is 33.9. The lowest BCUT2D eigenvalue weighted by atomic mass is 10.0. The molecule has 0 fully saturated rings. The van der Waals surface area contributed by atoms with Crippen LogP contribution in [0.4, 0.5) is 0 Å². The van der Waals surface area contributed by atoms with Gasteiger partial charge in [-0.15, -0.1) is 0 Å². The fraction of sp³-hybridized carbons (Fsp3) is 0.864. The molecule has 3 nitrogen and oxygen atoms in total. The molecule has 1 rings (SSSR count). The first kappa shape index (κ1) is 43.8. The number of aryl methyl sites for hydroxylation is 1. The van der Waals surface area contributed by atoms with Gasteiger partial charge >= 0.3 is 0 Å². The van der Waals surface area contributed by atoms with Gasteiger partial charge in [0.15, 0.2) is 11.5 Å². The molecule has 0 heterocycles. The first-order valence-electron chi connectivity index (χ1n) is 21.2. The number of hydrogen-bond donors (Lipinski definition) is 1. The molecule has 0 unspecified atom stereocenters. The molecule has 0 atom stereocenters. The summed E-state index contributed by atoms with van der Waals surface area (Å²) < 4.78 is 12.5. The van der Waals surface area contributed by atoms with Crippen molar-refractivity contribution in [1.82, 2.24) is 0 Å². The highest BCUT2D eigenvalue weighted by molar-refractivity contribution is 5.48. The molecule has 3 heteroatoms. The van der Waals surface area contributed by atoms with Crippen LogP contribution in [0.3, 0.4) is 0 Å². The number of aliphatic hydroxyl groups excluding tert-OH is 1. The SMILES string of the molecule is CCCCCCCCCCCCCCCCCCOc1cc(CO)cc(C)c1OCCCCCCCCCCCCCCCCCC. The number of benzene rings is 1. The quantitative estimate of drug-likeness (QED) is 0.0723. The zero-order valence-corrected chi connectivity index (χ0v) is 32.2. The maximum atomic E-state index is 9.73. The van der Waals surface area contributed by atoms with Crippen LogP contribution in [0, 0.1) is 6.92 Å². The lowest BCUT2D eigenvalue weighted by molar-refractivity contribution is 0.253. The van der Waals surface area contributed by atoms with Crippen LogP contribution in [0.5, 0.6) is 11.5 Å². The van der Waals surface area contributed by atoms with Crippen LogP contribution in [0.2, 0.25) is 0 Å². The van der Waals surface area contributed by atoms with Gasteiger partial charge in [0, 0.05) is 0 Å². The smallest absolute Gasteiger partial charge is 0.164 e. The summed E-state index contributed by atoms with van der Waals surface area (Å²) in [4.78, 5) is 0. The molecule has 0 saturated heterocycles. The van der Waals surface area contributed by atoms with Gasteiger partial charge in [0.25, 0.3) is 0 Å². The molecule has 0 aliphatic carbocycles. The minimum Gasteiger partial charge on any atom is -0.490 e. The molecule has 1 aromatic carbocycles.